The molecule has 0 saturated heterocycles. The van der Waals surface area contributed by atoms with Gasteiger partial charge < -0.3 is 0 Å². The Kier molecular flexibility index (Phi) is 4.27. The lowest BCUT2D eigenvalue weighted by Crippen LogP contribution is -2.38. The second-order valence-corrected chi connectivity index (χ2v) is 6.57. The van der Waals surface area contributed by atoms with Gasteiger partial charge in [-0.1, -0.05) is 38.5 Å². The molecule has 1 aromatic heterocycles. The maximum Gasteiger partial charge on any atom is 0.304 e. The molecule has 20 heavy (non-hydrogen) atoms. The van der Waals surface area contributed by atoms with E-state index < -0.39 is 0 Å². The van der Waals surface area contributed by atoms with E-state index in [0.29, 0.717) is 11.8 Å². The number of nitrogens with one attached hydrogen (secondary N) is 1. The van der Waals surface area contributed by atoms with Crippen LogP contribution in [0.1, 0.15) is 87.7 Å². The first-order valence-electron chi connectivity index (χ1n) is 8.48. The van der Waals surface area contributed by atoms with Crippen LogP contribution in [0.25, 0.3) is 0 Å². The van der Waals surface area contributed by atoms with Crippen LogP contribution >= 0.6 is 0 Å². The molecule has 4 heteroatoms. The Morgan fingerprint density at radius 3 is 2.05 bits per heavy atom. The van der Waals surface area contributed by atoms with E-state index in [-0.39, 0.29) is 0 Å². The van der Waals surface area contributed by atoms with Crippen LogP contribution in [0.2, 0.25) is 0 Å². The summed E-state index contributed by atoms with van der Waals surface area (Å²) in [5.74, 6) is 4.01. The van der Waals surface area contributed by atoms with Crippen molar-refractivity contribution in [3.05, 3.63) is 11.6 Å². The third-order valence-corrected chi connectivity index (χ3v) is 5.21. The highest BCUT2D eigenvalue weighted by Crippen LogP contribution is 2.35. The summed E-state index contributed by atoms with van der Waals surface area (Å²) >= 11 is 0. The number of aromatic nitrogens is 3. The minimum absolute atomic E-state index is 0.653. The molecule has 0 aliphatic heterocycles. The zero-order valence-corrected chi connectivity index (χ0v) is 13.1. The zero-order valence-electron chi connectivity index (χ0n) is 13.1. The van der Waals surface area contributed by atoms with Crippen LogP contribution in [0, 0.1) is 0 Å². The Labute approximate surface area is 122 Å². The van der Waals surface area contributed by atoms with Crippen molar-refractivity contribution in [1.29, 1.82) is 0 Å². The minimum Gasteiger partial charge on any atom is -0.257 e. The molecule has 1 N–H and O–H groups in total. The molecule has 1 heterocycles. The van der Waals surface area contributed by atoms with Crippen LogP contribution < -0.4 is 10.1 Å². The van der Waals surface area contributed by atoms with E-state index in [2.05, 4.69) is 21.8 Å². The second-order valence-electron chi connectivity index (χ2n) is 6.57. The van der Waals surface area contributed by atoms with Crippen molar-refractivity contribution in [2.45, 2.75) is 76.0 Å². The highest BCUT2D eigenvalue weighted by atomic mass is 15.5. The van der Waals surface area contributed by atoms with E-state index in [4.69, 9.17) is 5.10 Å². The highest BCUT2D eigenvalue weighted by Gasteiger charge is 2.35. The number of rotatable bonds is 3. The first-order chi connectivity index (χ1) is 9.81. The Morgan fingerprint density at radius 1 is 0.950 bits per heavy atom. The molecule has 4 nitrogen and oxygen atoms in total. The van der Waals surface area contributed by atoms with E-state index >= 15 is 0 Å². The van der Waals surface area contributed by atoms with Gasteiger partial charge in [0.25, 0.3) is 5.82 Å². The largest absolute Gasteiger partial charge is 0.304 e. The number of aryl methyl sites for hydroxylation is 1. The van der Waals surface area contributed by atoms with Gasteiger partial charge >= 0.3 is 5.82 Å². The van der Waals surface area contributed by atoms with Crippen molar-refractivity contribution in [3.8, 4) is 0 Å². The fourth-order valence-electron chi connectivity index (χ4n) is 4.17. The first-order valence-corrected chi connectivity index (χ1v) is 8.48. The Balaban J connectivity index is 1.91. The predicted molar refractivity (Wildman–Crippen MR) is 80.3 cm³/mol. The third kappa shape index (κ3) is 2.57. The van der Waals surface area contributed by atoms with Gasteiger partial charge in [-0.25, -0.2) is 0 Å². The minimum atomic E-state index is 0.653. The topological polar surface area (TPSA) is 33.7 Å². The van der Waals surface area contributed by atoms with Crippen LogP contribution in [0.15, 0.2) is 0 Å². The third-order valence-electron chi connectivity index (χ3n) is 5.21. The van der Waals surface area contributed by atoms with Crippen LogP contribution in [0.5, 0.6) is 0 Å². The molecule has 2 aliphatic rings. The molecule has 2 saturated carbocycles. The lowest BCUT2D eigenvalue weighted by atomic mass is 9.87. The summed E-state index contributed by atoms with van der Waals surface area (Å²) in [5.41, 5.74) is 3.41. The van der Waals surface area contributed by atoms with Crippen LogP contribution in [0.3, 0.4) is 0 Å². The molecule has 0 radical (unpaired) electrons. The molecular weight excluding hydrogens is 248 g/mol. The predicted octanol–water partition coefficient (Wildman–Crippen LogP) is 2.98. The highest BCUT2D eigenvalue weighted by molar-refractivity contribution is 5.06. The van der Waals surface area contributed by atoms with Gasteiger partial charge in [-0.05, 0) is 30.8 Å². The summed E-state index contributed by atoms with van der Waals surface area (Å²) < 4.78 is 4.46. The van der Waals surface area contributed by atoms with Gasteiger partial charge in [0.15, 0.2) is 0 Å². The average Bonchev–Trinajstić information content (AvgIpc) is 2.85. The average molecular weight is 277 g/mol. The van der Waals surface area contributed by atoms with Crippen LogP contribution in [-0.4, -0.2) is 16.8 Å². The Morgan fingerprint density at radius 2 is 1.50 bits per heavy atom. The maximum absolute atomic E-state index is 4.90. The number of hydrogen-bond acceptors (Lipinski definition) is 2. The summed E-state index contributed by atoms with van der Waals surface area (Å²) in [5, 5.41) is 4.90. The van der Waals surface area contributed by atoms with Gasteiger partial charge in [0.05, 0.1) is 5.92 Å². The van der Waals surface area contributed by atoms with Gasteiger partial charge in [-0.3, -0.25) is 5.43 Å². The molecule has 0 aromatic carbocycles. The number of nitrogens with zero attached hydrogens (tertiary/aromatic N) is 3. The molecule has 0 spiro atoms. The summed E-state index contributed by atoms with van der Waals surface area (Å²) in [6, 6.07) is 0. The van der Waals surface area contributed by atoms with Crippen molar-refractivity contribution >= 4 is 0 Å². The lowest BCUT2D eigenvalue weighted by Gasteiger charge is -2.20. The van der Waals surface area contributed by atoms with E-state index in [1.807, 2.05) is 7.05 Å². The van der Waals surface area contributed by atoms with Crippen molar-refractivity contribution in [2.75, 3.05) is 12.5 Å². The molecule has 1 aromatic rings. The van der Waals surface area contributed by atoms with Gasteiger partial charge in [-0.15, -0.1) is 9.36 Å². The van der Waals surface area contributed by atoms with E-state index in [0.717, 1.165) is 0 Å². The fraction of sp³-hybridized carbons (Fsp3) is 0.875. The molecule has 0 bridgehead atoms. The molecule has 2 aliphatic carbocycles. The maximum atomic E-state index is 4.90. The standard InChI is InChI=1S/C16H29N4/c1-17-20-15(13-9-5-3-6-10-13)18-19(2)16(20)14-11-7-4-8-12-14/h13-14,17H,3-12H2,1-2H3/q+1. The normalized spacial score (nSPS) is 22.1. The molecular formula is C16H29N4+. The second kappa shape index (κ2) is 6.15. The molecule has 0 unspecified atom stereocenters. The van der Waals surface area contributed by atoms with Gasteiger partial charge in [0.1, 0.15) is 7.05 Å². The van der Waals surface area contributed by atoms with Crippen molar-refractivity contribution in [3.63, 3.8) is 0 Å². The van der Waals surface area contributed by atoms with Crippen LogP contribution in [-0.2, 0) is 7.05 Å². The SMILES string of the molecule is CNn1c(C2CCCCC2)n[n+](C)c1C1CCCCC1. The zero-order chi connectivity index (χ0) is 13.9. The Hall–Kier alpha value is -1.06. The van der Waals surface area contributed by atoms with E-state index in [1.165, 1.54) is 75.9 Å². The van der Waals surface area contributed by atoms with Crippen molar-refractivity contribution in [1.82, 2.24) is 9.77 Å². The Bertz CT molecular complexity index is 440. The van der Waals surface area contributed by atoms with Crippen molar-refractivity contribution < 1.29 is 4.68 Å². The summed E-state index contributed by atoms with van der Waals surface area (Å²) in [4.78, 5) is 0. The summed E-state index contributed by atoms with van der Waals surface area (Å²) in [6.45, 7) is 0. The van der Waals surface area contributed by atoms with Gasteiger partial charge in [0, 0.05) is 13.0 Å². The van der Waals surface area contributed by atoms with E-state index in [1.54, 1.807) is 0 Å². The number of hydrogen-bond donors (Lipinski definition) is 1. The van der Waals surface area contributed by atoms with E-state index in [9.17, 15) is 0 Å². The van der Waals surface area contributed by atoms with Gasteiger partial charge in [0.2, 0.25) is 0 Å². The van der Waals surface area contributed by atoms with Crippen molar-refractivity contribution in [2.24, 2.45) is 7.05 Å². The molecule has 3 rings (SSSR count). The molecule has 2 fully saturated rings. The summed E-state index contributed by atoms with van der Waals surface area (Å²) in [6.07, 6.45) is 13.5. The van der Waals surface area contributed by atoms with Gasteiger partial charge in [-0.2, -0.15) is 0 Å². The summed E-state index contributed by atoms with van der Waals surface area (Å²) in [7, 11) is 4.17. The molecule has 0 atom stereocenters. The fourth-order valence-corrected chi connectivity index (χ4v) is 4.17. The smallest absolute Gasteiger partial charge is 0.257 e. The first kappa shape index (κ1) is 13.9. The lowest BCUT2D eigenvalue weighted by molar-refractivity contribution is -0.737. The monoisotopic (exact) mass is 277 g/mol. The quantitative estimate of drug-likeness (QED) is 0.862. The van der Waals surface area contributed by atoms with Crippen LogP contribution in [0.4, 0.5) is 0 Å². The molecule has 112 valence electrons. The molecule has 0 amide bonds.